The molecule has 5 rings (SSSR count). The number of hydrogen-bond donors (Lipinski definition) is 3. The Bertz CT molecular complexity index is 1380. The number of nitrogens with two attached hydrogens (primary N) is 1. The number of rotatable bonds is 8. The summed E-state index contributed by atoms with van der Waals surface area (Å²) in [6.07, 6.45) is 4.68. The van der Waals surface area contributed by atoms with Crippen LogP contribution < -0.4 is 15.8 Å². The zero-order valence-corrected chi connectivity index (χ0v) is 19.3. The molecule has 1 fully saturated rings. The number of aliphatic hydroxyl groups is 1. The number of benzene rings is 2. The van der Waals surface area contributed by atoms with E-state index >= 15 is 0 Å². The topological polar surface area (TPSA) is 133 Å². The molecule has 2 aromatic carbocycles. The van der Waals surface area contributed by atoms with Crippen molar-refractivity contribution >= 4 is 22.8 Å². The van der Waals surface area contributed by atoms with Crippen LogP contribution in [0.25, 0.3) is 22.3 Å². The van der Waals surface area contributed by atoms with Gasteiger partial charge in [-0.3, -0.25) is 0 Å². The fourth-order valence-corrected chi connectivity index (χ4v) is 4.07. The summed E-state index contributed by atoms with van der Waals surface area (Å²) in [4.78, 5) is 12.7. The first-order chi connectivity index (χ1) is 17.5. The van der Waals surface area contributed by atoms with Crippen LogP contribution in [0.4, 0.5) is 20.7 Å². The zero-order chi connectivity index (χ0) is 25.1. The summed E-state index contributed by atoms with van der Waals surface area (Å²) in [5.41, 5.74) is 7.54. The molecule has 188 valence electrons. The van der Waals surface area contributed by atoms with Crippen LogP contribution in [0.1, 0.15) is 31.1 Å². The van der Waals surface area contributed by atoms with Crippen molar-refractivity contribution in [1.29, 1.82) is 0 Å². The largest absolute Gasteiger partial charge is 0.488 e. The molecule has 0 radical (unpaired) electrons. The second kappa shape index (κ2) is 10.4. The first kappa shape index (κ1) is 23.8. The Labute approximate surface area is 205 Å². The number of ether oxygens (including phenoxy) is 2. The van der Waals surface area contributed by atoms with Crippen molar-refractivity contribution in [1.82, 2.24) is 24.7 Å². The smallest absolute Gasteiger partial charge is 0.228 e. The maximum atomic E-state index is 14.5. The Kier molecular flexibility index (Phi) is 6.87. The van der Waals surface area contributed by atoms with Crippen LogP contribution in [-0.4, -0.2) is 49.7 Å². The second-order valence-electron chi connectivity index (χ2n) is 8.30. The van der Waals surface area contributed by atoms with Gasteiger partial charge in [-0.1, -0.05) is 18.2 Å². The summed E-state index contributed by atoms with van der Waals surface area (Å²) in [6.45, 7) is 0.155. The molecule has 3 heterocycles. The van der Waals surface area contributed by atoms with Crippen LogP contribution in [0.3, 0.4) is 0 Å². The third-order valence-corrected chi connectivity index (χ3v) is 5.85. The molecule has 2 aromatic heterocycles. The van der Waals surface area contributed by atoms with Gasteiger partial charge in [0.05, 0.1) is 18.3 Å². The Morgan fingerprint density at radius 2 is 2.03 bits per heavy atom. The highest BCUT2D eigenvalue weighted by Gasteiger charge is 2.20. The number of aromatic nitrogens is 5. The maximum Gasteiger partial charge on any atom is 0.228 e. The fraction of sp³-hybridized carbons (Fsp3) is 0.333. The van der Waals surface area contributed by atoms with Crippen molar-refractivity contribution in [3.05, 3.63) is 53.7 Å². The summed E-state index contributed by atoms with van der Waals surface area (Å²) in [5, 5.41) is 17.1. The summed E-state index contributed by atoms with van der Waals surface area (Å²) < 4.78 is 41.5. The molecular weight excluding hydrogens is 472 g/mol. The number of nitrogens with zero attached hydrogens (tertiary/aromatic N) is 5. The lowest BCUT2D eigenvalue weighted by Gasteiger charge is -2.23. The molecule has 1 saturated heterocycles. The summed E-state index contributed by atoms with van der Waals surface area (Å²) in [5.74, 6) is -2.06. The predicted octanol–water partition coefficient (Wildman–Crippen LogP) is 3.43. The number of anilines is 2. The van der Waals surface area contributed by atoms with E-state index in [2.05, 4.69) is 25.4 Å². The van der Waals surface area contributed by atoms with Crippen molar-refractivity contribution in [2.75, 3.05) is 30.9 Å². The molecule has 10 nitrogen and oxygen atoms in total. The number of aliphatic hydroxyl groups excluding tert-OH is 1. The lowest BCUT2D eigenvalue weighted by molar-refractivity contribution is -0.0366. The average Bonchev–Trinajstić information content (AvgIpc) is 3.32. The van der Waals surface area contributed by atoms with E-state index in [-0.39, 0.29) is 49.2 Å². The molecule has 4 aromatic rings. The molecule has 0 amide bonds. The average molecular weight is 498 g/mol. The minimum absolute atomic E-state index is 0.0221. The van der Waals surface area contributed by atoms with Gasteiger partial charge in [0.25, 0.3) is 0 Å². The minimum atomic E-state index is -1.13. The van der Waals surface area contributed by atoms with E-state index in [0.717, 1.165) is 30.2 Å². The van der Waals surface area contributed by atoms with Gasteiger partial charge in [-0.15, -0.1) is 0 Å². The zero-order valence-electron chi connectivity index (χ0n) is 19.3. The molecular formula is C24H25F2N7O3. The molecule has 4 N–H and O–H groups in total. The first-order valence-electron chi connectivity index (χ1n) is 11.6. The summed E-state index contributed by atoms with van der Waals surface area (Å²) in [6, 6.07) is 8.37. The molecule has 0 bridgehead atoms. The van der Waals surface area contributed by atoms with Crippen molar-refractivity contribution in [3.8, 4) is 17.1 Å². The number of nitrogen functional groups attached to an aromatic ring is 1. The Morgan fingerprint density at radius 3 is 2.83 bits per heavy atom. The lowest BCUT2D eigenvalue weighted by atomic mass is 10.1. The predicted molar refractivity (Wildman–Crippen MR) is 128 cm³/mol. The van der Waals surface area contributed by atoms with Crippen LogP contribution in [0.5, 0.6) is 5.75 Å². The van der Waals surface area contributed by atoms with E-state index in [9.17, 15) is 8.78 Å². The number of hydrogen-bond acceptors (Lipinski definition) is 9. The van der Waals surface area contributed by atoms with Gasteiger partial charge in [0.1, 0.15) is 6.61 Å². The van der Waals surface area contributed by atoms with Gasteiger partial charge in [0.15, 0.2) is 23.6 Å². The number of nitrogens with one attached hydrogen (secondary N) is 1. The minimum Gasteiger partial charge on any atom is -0.488 e. The Morgan fingerprint density at radius 1 is 1.14 bits per heavy atom. The van der Waals surface area contributed by atoms with E-state index in [1.807, 2.05) is 22.9 Å². The molecule has 36 heavy (non-hydrogen) atoms. The summed E-state index contributed by atoms with van der Waals surface area (Å²) in [7, 11) is 0. The molecule has 1 aliphatic rings. The monoisotopic (exact) mass is 497 g/mol. The van der Waals surface area contributed by atoms with E-state index in [4.69, 9.17) is 20.3 Å². The van der Waals surface area contributed by atoms with E-state index in [1.165, 1.54) is 12.1 Å². The molecule has 0 spiro atoms. The van der Waals surface area contributed by atoms with Gasteiger partial charge in [0, 0.05) is 29.7 Å². The Hall–Kier alpha value is -3.90. The SMILES string of the molecule is Nc1nc(NCc2ccc(OCCO)c(F)c2F)nc(-c2ccc3cnn(C4CCCCO4)c3c2)n1. The van der Waals surface area contributed by atoms with Gasteiger partial charge < -0.3 is 25.6 Å². The lowest BCUT2D eigenvalue weighted by Crippen LogP contribution is -2.18. The quantitative estimate of drug-likeness (QED) is 0.335. The standard InChI is InChI=1S/C24H25F2N7O3/c25-20-16(6-7-18(21(20)26)35-10-8-34)12-28-24-31-22(30-23(27)32-24)14-4-5-15-13-29-33(17(15)11-14)19-3-1-2-9-36-19/h4-7,11,13,19,34H,1-3,8-10,12H2,(H3,27,28,30,31,32). The highest BCUT2D eigenvalue weighted by Crippen LogP contribution is 2.29. The second-order valence-corrected chi connectivity index (χ2v) is 8.30. The van der Waals surface area contributed by atoms with Gasteiger partial charge in [-0.2, -0.15) is 24.4 Å². The number of fused-ring (bicyclic) bond motifs is 1. The maximum absolute atomic E-state index is 14.5. The van der Waals surface area contributed by atoms with Crippen molar-refractivity contribution < 1.29 is 23.4 Å². The van der Waals surface area contributed by atoms with Crippen LogP contribution in [0, 0.1) is 11.6 Å². The summed E-state index contributed by atoms with van der Waals surface area (Å²) >= 11 is 0. The first-order valence-corrected chi connectivity index (χ1v) is 11.6. The van der Waals surface area contributed by atoms with E-state index < -0.39 is 11.6 Å². The third kappa shape index (κ3) is 4.90. The van der Waals surface area contributed by atoms with Gasteiger partial charge in [-0.05, 0) is 31.4 Å². The third-order valence-electron chi connectivity index (χ3n) is 5.85. The van der Waals surface area contributed by atoms with Gasteiger partial charge in [0.2, 0.25) is 17.7 Å². The van der Waals surface area contributed by atoms with Crippen LogP contribution in [-0.2, 0) is 11.3 Å². The van der Waals surface area contributed by atoms with Crippen LogP contribution in [0.2, 0.25) is 0 Å². The van der Waals surface area contributed by atoms with Crippen molar-refractivity contribution in [3.63, 3.8) is 0 Å². The van der Waals surface area contributed by atoms with Crippen LogP contribution >= 0.6 is 0 Å². The normalized spacial score (nSPS) is 15.8. The van der Waals surface area contributed by atoms with Crippen LogP contribution in [0.15, 0.2) is 36.5 Å². The number of halogens is 2. The van der Waals surface area contributed by atoms with Gasteiger partial charge >= 0.3 is 0 Å². The molecule has 1 aliphatic heterocycles. The van der Waals surface area contributed by atoms with Crippen molar-refractivity contribution in [2.24, 2.45) is 0 Å². The fourth-order valence-electron chi connectivity index (χ4n) is 4.07. The molecule has 12 heteroatoms. The van der Waals surface area contributed by atoms with Crippen molar-refractivity contribution in [2.45, 2.75) is 32.0 Å². The van der Waals surface area contributed by atoms with E-state index in [1.54, 1.807) is 6.20 Å². The molecule has 1 atom stereocenters. The Balaban J connectivity index is 1.38. The van der Waals surface area contributed by atoms with Gasteiger partial charge in [-0.25, -0.2) is 9.07 Å². The van der Waals surface area contributed by atoms with E-state index in [0.29, 0.717) is 18.0 Å². The highest BCUT2D eigenvalue weighted by molar-refractivity contribution is 5.83. The molecule has 0 aliphatic carbocycles. The molecule has 0 saturated carbocycles. The highest BCUT2D eigenvalue weighted by atomic mass is 19.2. The molecule has 1 unspecified atom stereocenters.